The second-order valence-electron chi connectivity index (χ2n) is 4.49. The quantitative estimate of drug-likeness (QED) is 0.462. The maximum Gasteiger partial charge on any atom is 0.119 e. The zero-order chi connectivity index (χ0) is 14.2. The Balaban J connectivity index is 1.96. The molecule has 2 rings (SSSR count). The third-order valence-corrected chi connectivity index (χ3v) is 2.75. The first-order valence-electron chi connectivity index (χ1n) is 6.78. The van der Waals surface area contributed by atoms with E-state index >= 15 is 0 Å². The van der Waals surface area contributed by atoms with Crippen molar-refractivity contribution in [3.05, 3.63) is 48.5 Å². The molecule has 4 nitrogen and oxygen atoms in total. The highest BCUT2D eigenvalue weighted by atomic mass is 16.5. The van der Waals surface area contributed by atoms with Gasteiger partial charge in [0.05, 0.1) is 18.0 Å². The molecule has 0 aliphatic carbocycles. The van der Waals surface area contributed by atoms with E-state index in [1.807, 2.05) is 42.5 Å². The van der Waals surface area contributed by atoms with Gasteiger partial charge in [-0.05, 0) is 48.9 Å². The second kappa shape index (κ2) is 7.28. The number of anilines is 1. The van der Waals surface area contributed by atoms with Crippen LogP contribution in [0.25, 0.3) is 0 Å². The molecule has 0 bridgehead atoms. The molecule has 0 saturated carbocycles. The minimum absolute atomic E-state index is 0.682. The molecule has 2 N–H and O–H groups in total. The van der Waals surface area contributed by atoms with Crippen LogP contribution in [0.15, 0.2) is 58.8 Å². The summed E-state index contributed by atoms with van der Waals surface area (Å²) in [6.45, 7) is 2.89. The van der Waals surface area contributed by atoms with E-state index in [0.717, 1.165) is 36.6 Å². The number of benzene rings is 2. The van der Waals surface area contributed by atoms with Crippen molar-refractivity contribution >= 4 is 17.1 Å². The normalized spacial score (nSPS) is 10.8. The number of nitrogens with zero attached hydrogens (tertiary/aromatic N) is 2. The standard InChI is InChI=1S/C16H19N3O/c1-2-3-11-20-16-9-7-14(8-10-16)18-19-15-6-4-5-13(17)12-15/h4-10,12H,2-3,11,17H2,1H3. The number of hydrogen-bond acceptors (Lipinski definition) is 4. The number of rotatable bonds is 6. The average Bonchev–Trinajstić information content (AvgIpc) is 2.47. The molecule has 0 aromatic heterocycles. The molecule has 0 radical (unpaired) electrons. The lowest BCUT2D eigenvalue weighted by Crippen LogP contribution is -1.95. The number of azo groups is 1. The van der Waals surface area contributed by atoms with Gasteiger partial charge >= 0.3 is 0 Å². The van der Waals surface area contributed by atoms with Crippen molar-refractivity contribution in [2.45, 2.75) is 19.8 Å². The van der Waals surface area contributed by atoms with Crippen LogP contribution in [0.3, 0.4) is 0 Å². The summed E-state index contributed by atoms with van der Waals surface area (Å²) in [6, 6.07) is 14.9. The maximum atomic E-state index is 5.69. The van der Waals surface area contributed by atoms with Crippen molar-refractivity contribution in [1.82, 2.24) is 0 Å². The van der Waals surface area contributed by atoms with Crippen molar-refractivity contribution in [2.75, 3.05) is 12.3 Å². The molecule has 0 aliphatic rings. The SMILES string of the molecule is CCCCOc1ccc(N=Nc2cccc(N)c2)cc1. The topological polar surface area (TPSA) is 60.0 Å². The van der Waals surface area contributed by atoms with Gasteiger partial charge in [-0.2, -0.15) is 10.2 Å². The molecule has 104 valence electrons. The van der Waals surface area contributed by atoms with E-state index in [4.69, 9.17) is 10.5 Å². The van der Waals surface area contributed by atoms with Crippen molar-refractivity contribution in [3.63, 3.8) is 0 Å². The average molecular weight is 269 g/mol. The number of unbranched alkanes of at least 4 members (excludes halogenated alkanes) is 1. The van der Waals surface area contributed by atoms with Gasteiger partial charge in [0.2, 0.25) is 0 Å². The molecule has 0 fully saturated rings. The zero-order valence-corrected chi connectivity index (χ0v) is 11.6. The number of hydrogen-bond donors (Lipinski definition) is 1. The lowest BCUT2D eigenvalue weighted by Gasteiger charge is -2.04. The largest absolute Gasteiger partial charge is 0.494 e. The van der Waals surface area contributed by atoms with Crippen LogP contribution in [0.4, 0.5) is 17.1 Å². The van der Waals surface area contributed by atoms with Crippen LogP contribution in [0, 0.1) is 0 Å². The van der Waals surface area contributed by atoms with E-state index in [-0.39, 0.29) is 0 Å². The smallest absolute Gasteiger partial charge is 0.119 e. The Labute approximate surface area is 119 Å². The zero-order valence-electron chi connectivity index (χ0n) is 11.6. The predicted molar refractivity (Wildman–Crippen MR) is 81.9 cm³/mol. The van der Waals surface area contributed by atoms with E-state index in [1.54, 1.807) is 6.07 Å². The van der Waals surface area contributed by atoms with Crippen LogP contribution in [0.1, 0.15) is 19.8 Å². The van der Waals surface area contributed by atoms with E-state index in [0.29, 0.717) is 5.69 Å². The van der Waals surface area contributed by atoms with Crippen molar-refractivity contribution in [1.29, 1.82) is 0 Å². The van der Waals surface area contributed by atoms with Gasteiger partial charge in [0.25, 0.3) is 0 Å². The summed E-state index contributed by atoms with van der Waals surface area (Å²) in [4.78, 5) is 0. The third-order valence-electron chi connectivity index (χ3n) is 2.75. The van der Waals surface area contributed by atoms with Gasteiger partial charge in [-0.15, -0.1) is 0 Å². The van der Waals surface area contributed by atoms with Crippen LogP contribution < -0.4 is 10.5 Å². The lowest BCUT2D eigenvalue weighted by atomic mass is 10.3. The molecule has 4 heteroatoms. The minimum atomic E-state index is 0.682. The molecular weight excluding hydrogens is 250 g/mol. The highest BCUT2D eigenvalue weighted by Gasteiger charge is 1.95. The molecule has 2 aromatic rings. The summed E-state index contributed by atoms with van der Waals surface area (Å²) < 4.78 is 5.59. The summed E-state index contributed by atoms with van der Waals surface area (Å²) in [5.41, 5.74) is 7.90. The first-order chi connectivity index (χ1) is 9.78. The molecule has 0 atom stereocenters. The Morgan fingerprint density at radius 1 is 1.00 bits per heavy atom. The van der Waals surface area contributed by atoms with Crippen molar-refractivity contribution in [3.8, 4) is 5.75 Å². The molecule has 0 aliphatic heterocycles. The fraction of sp³-hybridized carbons (Fsp3) is 0.250. The number of ether oxygens (including phenoxy) is 1. The monoisotopic (exact) mass is 269 g/mol. The van der Waals surface area contributed by atoms with Crippen LogP contribution >= 0.6 is 0 Å². The Hall–Kier alpha value is -2.36. The van der Waals surface area contributed by atoms with E-state index < -0.39 is 0 Å². The molecular formula is C16H19N3O. The first-order valence-corrected chi connectivity index (χ1v) is 6.78. The van der Waals surface area contributed by atoms with Gasteiger partial charge < -0.3 is 10.5 Å². The molecule has 0 unspecified atom stereocenters. The fourth-order valence-electron chi connectivity index (χ4n) is 1.65. The molecule has 0 amide bonds. The van der Waals surface area contributed by atoms with Gasteiger partial charge in [-0.1, -0.05) is 19.4 Å². The highest BCUT2D eigenvalue weighted by Crippen LogP contribution is 2.22. The third kappa shape index (κ3) is 4.39. The van der Waals surface area contributed by atoms with E-state index in [2.05, 4.69) is 17.2 Å². The number of nitrogen functional groups attached to an aromatic ring is 1. The summed E-state index contributed by atoms with van der Waals surface area (Å²) >= 11 is 0. The Kier molecular flexibility index (Phi) is 5.12. The molecule has 2 aromatic carbocycles. The Bertz CT molecular complexity index is 564. The van der Waals surface area contributed by atoms with Crippen molar-refractivity contribution in [2.24, 2.45) is 10.2 Å². The molecule has 20 heavy (non-hydrogen) atoms. The van der Waals surface area contributed by atoms with Crippen LogP contribution in [0.2, 0.25) is 0 Å². The van der Waals surface area contributed by atoms with Crippen molar-refractivity contribution < 1.29 is 4.74 Å². The highest BCUT2D eigenvalue weighted by molar-refractivity contribution is 5.50. The molecule has 0 spiro atoms. The summed E-state index contributed by atoms with van der Waals surface area (Å²) in [6.07, 6.45) is 2.20. The Morgan fingerprint density at radius 2 is 1.75 bits per heavy atom. The van der Waals surface area contributed by atoms with Crippen LogP contribution in [-0.4, -0.2) is 6.61 Å². The fourth-order valence-corrected chi connectivity index (χ4v) is 1.65. The van der Waals surface area contributed by atoms with E-state index in [9.17, 15) is 0 Å². The van der Waals surface area contributed by atoms with Gasteiger partial charge in [0.1, 0.15) is 5.75 Å². The second-order valence-corrected chi connectivity index (χ2v) is 4.49. The maximum absolute atomic E-state index is 5.69. The van der Waals surface area contributed by atoms with Gasteiger partial charge in [0.15, 0.2) is 0 Å². The summed E-state index contributed by atoms with van der Waals surface area (Å²) in [5.74, 6) is 0.862. The van der Waals surface area contributed by atoms with Gasteiger partial charge in [0, 0.05) is 5.69 Å². The number of nitrogens with two attached hydrogens (primary N) is 1. The minimum Gasteiger partial charge on any atom is -0.494 e. The predicted octanol–water partition coefficient (Wildman–Crippen LogP) is 4.86. The van der Waals surface area contributed by atoms with E-state index in [1.165, 1.54) is 0 Å². The van der Waals surface area contributed by atoms with Gasteiger partial charge in [-0.3, -0.25) is 0 Å². The van der Waals surface area contributed by atoms with Gasteiger partial charge in [-0.25, -0.2) is 0 Å². The lowest BCUT2D eigenvalue weighted by molar-refractivity contribution is 0.309. The molecule has 0 saturated heterocycles. The van der Waals surface area contributed by atoms with Crippen LogP contribution in [0.5, 0.6) is 5.75 Å². The summed E-state index contributed by atoms with van der Waals surface area (Å²) in [5, 5.41) is 8.32. The Morgan fingerprint density at radius 3 is 2.45 bits per heavy atom. The molecule has 0 heterocycles. The summed E-state index contributed by atoms with van der Waals surface area (Å²) in [7, 11) is 0. The van der Waals surface area contributed by atoms with Crippen LogP contribution in [-0.2, 0) is 0 Å². The first kappa shape index (κ1) is 14.1.